The summed E-state index contributed by atoms with van der Waals surface area (Å²) in [5.41, 5.74) is 0.404. The lowest BCUT2D eigenvalue weighted by molar-refractivity contribution is 0.0933. The molecule has 0 spiro atoms. The Hall–Kier alpha value is -2.17. The number of amides is 1. The third-order valence-electron chi connectivity index (χ3n) is 2.17. The number of carbonyl (C=O) groups excluding carboxylic acids is 1. The fourth-order valence-electron chi connectivity index (χ4n) is 1.35. The quantitative estimate of drug-likeness (QED) is 0.812. The molecule has 2 rings (SSSR count). The largest absolute Gasteiger partial charge is 0.347 e. The van der Waals surface area contributed by atoms with Crippen molar-refractivity contribution in [2.45, 2.75) is 13.0 Å². The van der Waals surface area contributed by atoms with Crippen molar-refractivity contribution in [3.63, 3.8) is 0 Å². The van der Waals surface area contributed by atoms with Crippen molar-refractivity contribution < 1.29 is 4.79 Å². The van der Waals surface area contributed by atoms with Crippen LogP contribution in [-0.4, -0.2) is 20.9 Å². The van der Waals surface area contributed by atoms with E-state index >= 15 is 0 Å². The molecule has 82 valence electrons. The van der Waals surface area contributed by atoms with Gasteiger partial charge in [-0.3, -0.25) is 9.78 Å². The molecular weight excluding hydrogens is 204 g/mol. The molecule has 0 saturated heterocycles. The molecule has 2 heterocycles. The average molecular weight is 216 g/mol. The summed E-state index contributed by atoms with van der Waals surface area (Å²) in [5.74, 6) is 0.522. The second-order valence-electron chi connectivity index (χ2n) is 3.38. The van der Waals surface area contributed by atoms with E-state index in [0.29, 0.717) is 5.69 Å². The van der Waals surface area contributed by atoms with Crippen LogP contribution in [0.5, 0.6) is 0 Å². The van der Waals surface area contributed by atoms with Crippen LogP contribution in [0.15, 0.2) is 36.8 Å². The summed E-state index contributed by atoms with van der Waals surface area (Å²) in [6, 6.07) is 5.06. The number of aromatic amines is 1. The SMILES string of the molecule is CC(NC(=O)c1ccccn1)c1ncc[nH]1. The number of H-pyrrole nitrogens is 1. The number of aromatic nitrogens is 3. The first-order chi connectivity index (χ1) is 7.77. The number of carbonyl (C=O) groups is 1. The normalized spacial score (nSPS) is 12.1. The van der Waals surface area contributed by atoms with Gasteiger partial charge in [0, 0.05) is 18.6 Å². The van der Waals surface area contributed by atoms with E-state index < -0.39 is 0 Å². The van der Waals surface area contributed by atoms with Crippen molar-refractivity contribution in [2.24, 2.45) is 0 Å². The fourth-order valence-corrected chi connectivity index (χ4v) is 1.35. The van der Waals surface area contributed by atoms with Gasteiger partial charge in [0.25, 0.3) is 5.91 Å². The maximum absolute atomic E-state index is 11.7. The van der Waals surface area contributed by atoms with Crippen LogP contribution in [0.25, 0.3) is 0 Å². The Labute approximate surface area is 92.9 Å². The fraction of sp³-hybridized carbons (Fsp3) is 0.182. The molecule has 2 aromatic heterocycles. The maximum atomic E-state index is 11.7. The van der Waals surface area contributed by atoms with E-state index in [1.54, 1.807) is 36.8 Å². The lowest BCUT2D eigenvalue weighted by Crippen LogP contribution is -2.27. The summed E-state index contributed by atoms with van der Waals surface area (Å²) in [5, 5.41) is 2.80. The zero-order valence-corrected chi connectivity index (χ0v) is 8.84. The highest BCUT2D eigenvalue weighted by Crippen LogP contribution is 2.06. The van der Waals surface area contributed by atoms with Crippen LogP contribution in [0.1, 0.15) is 29.3 Å². The van der Waals surface area contributed by atoms with E-state index in [0.717, 1.165) is 5.82 Å². The van der Waals surface area contributed by atoms with Gasteiger partial charge in [-0.05, 0) is 19.1 Å². The lowest BCUT2D eigenvalue weighted by atomic mass is 10.3. The molecule has 1 unspecified atom stereocenters. The Balaban J connectivity index is 2.03. The zero-order chi connectivity index (χ0) is 11.4. The van der Waals surface area contributed by atoms with Gasteiger partial charge in [0.15, 0.2) is 0 Å². The van der Waals surface area contributed by atoms with E-state index in [1.165, 1.54) is 0 Å². The summed E-state index contributed by atoms with van der Waals surface area (Å²) >= 11 is 0. The summed E-state index contributed by atoms with van der Waals surface area (Å²) in [4.78, 5) is 22.7. The second kappa shape index (κ2) is 4.57. The monoisotopic (exact) mass is 216 g/mol. The molecule has 0 aliphatic heterocycles. The minimum atomic E-state index is -0.204. The first-order valence-corrected chi connectivity index (χ1v) is 4.98. The predicted octanol–water partition coefficient (Wildman–Crippen LogP) is 1.30. The Bertz CT molecular complexity index is 452. The summed E-state index contributed by atoms with van der Waals surface area (Å²) < 4.78 is 0. The van der Waals surface area contributed by atoms with Gasteiger partial charge in [-0.15, -0.1) is 0 Å². The molecule has 5 nitrogen and oxygen atoms in total. The van der Waals surface area contributed by atoms with Crippen LogP contribution in [-0.2, 0) is 0 Å². The summed E-state index contributed by atoms with van der Waals surface area (Å²) in [6.45, 7) is 1.86. The lowest BCUT2D eigenvalue weighted by Gasteiger charge is -2.10. The molecule has 0 aliphatic rings. The Morgan fingerprint density at radius 2 is 2.25 bits per heavy atom. The Morgan fingerprint density at radius 3 is 2.88 bits per heavy atom. The number of nitrogens with one attached hydrogen (secondary N) is 2. The van der Waals surface area contributed by atoms with Gasteiger partial charge in [-0.2, -0.15) is 0 Å². The third-order valence-corrected chi connectivity index (χ3v) is 2.17. The number of hydrogen-bond acceptors (Lipinski definition) is 3. The van der Waals surface area contributed by atoms with E-state index in [1.807, 2.05) is 6.92 Å². The van der Waals surface area contributed by atoms with Gasteiger partial charge < -0.3 is 10.3 Å². The van der Waals surface area contributed by atoms with Crippen LogP contribution < -0.4 is 5.32 Å². The van der Waals surface area contributed by atoms with Gasteiger partial charge in [0.05, 0.1) is 6.04 Å². The van der Waals surface area contributed by atoms with Crippen LogP contribution >= 0.6 is 0 Å². The van der Waals surface area contributed by atoms with Crippen molar-refractivity contribution in [3.05, 3.63) is 48.3 Å². The molecule has 0 fully saturated rings. The molecule has 0 bridgehead atoms. The maximum Gasteiger partial charge on any atom is 0.270 e. The standard InChI is InChI=1S/C11H12N4O/c1-8(10-13-6-7-14-10)15-11(16)9-4-2-3-5-12-9/h2-8H,1H3,(H,13,14)(H,15,16). The molecule has 0 radical (unpaired) electrons. The van der Waals surface area contributed by atoms with Gasteiger partial charge in [-0.25, -0.2) is 4.98 Å². The third kappa shape index (κ3) is 2.25. The first kappa shape index (κ1) is 10.4. The van der Waals surface area contributed by atoms with E-state index in [4.69, 9.17) is 0 Å². The average Bonchev–Trinajstić information content (AvgIpc) is 2.83. The number of nitrogens with zero attached hydrogens (tertiary/aromatic N) is 2. The minimum Gasteiger partial charge on any atom is -0.347 e. The van der Waals surface area contributed by atoms with Crippen molar-refractivity contribution in [2.75, 3.05) is 0 Å². The minimum absolute atomic E-state index is 0.162. The number of hydrogen-bond donors (Lipinski definition) is 2. The van der Waals surface area contributed by atoms with Crippen LogP contribution in [0.2, 0.25) is 0 Å². The van der Waals surface area contributed by atoms with Crippen LogP contribution in [0, 0.1) is 0 Å². The topological polar surface area (TPSA) is 70.7 Å². The highest BCUT2D eigenvalue weighted by atomic mass is 16.1. The molecule has 2 aromatic rings. The van der Waals surface area contributed by atoms with Crippen molar-refractivity contribution in [1.29, 1.82) is 0 Å². The highest BCUT2D eigenvalue weighted by molar-refractivity contribution is 5.92. The van der Waals surface area contributed by atoms with Crippen LogP contribution in [0.4, 0.5) is 0 Å². The van der Waals surface area contributed by atoms with Crippen molar-refractivity contribution in [3.8, 4) is 0 Å². The van der Waals surface area contributed by atoms with E-state index in [2.05, 4.69) is 20.3 Å². The van der Waals surface area contributed by atoms with Gasteiger partial charge in [0.1, 0.15) is 11.5 Å². The predicted molar refractivity (Wildman–Crippen MR) is 58.7 cm³/mol. The summed E-state index contributed by atoms with van der Waals surface area (Å²) in [6.07, 6.45) is 4.96. The molecule has 0 aromatic carbocycles. The molecule has 0 saturated carbocycles. The molecular formula is C11H12N4O. The van der Waals surface area contributed by atoms with Crippen molar-refractivity contribution in [1.82, 2.24) is 20.3 Å². The molecule has 16 heavy (non-hydrogen) atoms. The van der Waals surface area contributed by atoms with E-state index in [-0.39, 0.29) is 11.9 Å². The zero-order valence-electron chi connectivity index (χ0n) is 8.84. The first-order valence-electron chi connectivity index (χ1n) is 4.98. The number of imidazole rings is 1. The highest BCUT2D eigenvalue weighted by Gasteiger charge is 2.13. The number of rotatable bonds is 3. The van der Waals surface area contributed by atoms with Gasteiger partial charge >= 0.3 is 0 Å². The number of pyridine rings is 1. The molecule has 1 atom stereocenters. The second-order valence-corrected chi connectivity index (χ2v) is 3.38. The Morgan fingerprint density at radius 1 is 1.38 bits per heavy atom. The molecule has 2 N–H and O–H groups in total. The van der Waals surface area contributed by atoms with Crippen LogP contribution in [0.3, 0.4) is 0 Å². The Kier molecular flexibility index (Phi) is 2.95. The summed E-state index contributed by atoms with van der Waals surface area (Å²) in [7, 11) is 0. The molecule has 0 aliphatic carbocycles. The smallest absolute Gasteiger partial charge is 0.270 e. The van der Waals surface area contributed by atoms with Crippen molar-refractivity contribution >= 4 is 5.91 Å². The van der Waals surface area contributed by atoms with Gasteiger partial charge in [-0.1, -0.05) is 6.07 Å². The molecule has 1 amide bonds. The van der Waals surface area contributed by atoms with E-state index in [9.17, 15) is 4.79 Å². The molecule has 5 heteroatoms. The van der Waals surface area contributed by atoms with Gasteiger partial charge in [0.2, 0.25) is 0 Å².